The van der Waals surface area contributed by atoms with Crippen molar-refractivity contribution in [2.45, 2.75) is 13.5 Å². The Morgan fingerprint density at radius 3 is 2.91 bits per heavy atom. The quantitative estimate of drug-likeness (QED) is 0.594. The molecule has 2 rings (SSSR count). The van der Waals surface area contributed by atoms with Crippen LogP contribution >= 0.6 is 0 Å². The maximum Gasteiger partial charge on any atom is 0.240 e. The highest BCUT2D eigenvalue weighted by Gasteiger charge is 2.11. The van der Waals surface area contributed by atoms with Crippen molar-refractivity contribution in [2.24, 2.45) is 0 Å². The zero-order valence-corrected chi connectivity index (χ0v) is 12.8. The van der Waals surface area contributed by atoms with Gasteiger partial charge in [-0.3, -0.25) is 9.59 Å². The number of benzene rings is 1. The van der Waals surface area contributed by atoms with E-state index in [1.54, 1.807) is 17.9 Å². The highest BCUT2D eigenvalue weighted by Crippen LogP contribution is 2.25. The van der Waals surface area contributed by atoms with Crippen molar-refractivity contribution in [2.75, 3.05) is 26.9 Å². The molecule has 22 heavy (non-hydrogen) atoms. The van der Waals surface area contributed by atoms with Crippen molar-refractivity contribution < 1.29 is 19.1 Å². The van der Waals surface area contributed by atoms with Crippen LogP contribution in [0.5, 0.6) is 5.75 Å². The molecule has 1 heterocycles. The number of fused-ring (bicyclic) bond motifs is 1. The van der Waals surface area contributed by atoms with E-state index in [2.05, 4.69) is 5.32 Å². The summed E-state index contributed by atoms with van der Waals surface area (Å²) in [5.74, 6) is 0.584. The van der Waals surface area contributed by atoms with E-state index in [4.69, 9.17) is 9.47 Å². The van der Waals surface area contributed by atoms with E-state index in [1.165, 1.54) is 0 Å². The third-order valence-corrected chi connectivity index (χ3v) is 3.26. The van der Waals surface area contributed by atoms with E-state index < -0.39 is 0 Å². The van der Waals surface area contributed by atoms with E-state index in [9.17, 15) is 9.59 Å². The van der Waals surface area contributed by atoms with Crippen molar-refractivity contribution >= 4 is 23.1 Å². The number of ether oxygens (including phenoxy) is 2. The number of rotatable bonds is 8. The first kappa shape index (κ1) is 16.0. The van der Waals surface area contributed by atoms with Crippen molar-refractivity contribution in [3.05, 3.63) is 30.0 Å². The summed E-state index contributed by atoms with van der Waals surface area (Å²) in [6.07, 6.45) is 2.47. The molecule has 1 aromatic heterocycles. The van der Waals surface area contributed by atoms with E-state index >= 15 is 0 Å². The summed E-state index contributed by atoms with van der Waals surface area (Å²) in [5, 5.41) is 3.54. The predicted molar refractivity (Wildman–Crippen MR) is 83.4 cm³/mol. The number of aromatic nitrogens is 1. The van der Waals surface area contributed by atoms with E-state index in [0.29, 0.717) is 31.1 Å². The Balaban J connectivity index is 2.23. The number of carbonyl (C=O) groups is 2. The van der Waals surface area contributed by atoms with Crippen molar-refractivity contribution in [3.8, 4) is 5.75 Å². The summed E-state index contributed by atoms with van der Waals surface area (Å²) in [7, 11) is 1.58. The first-order valence-corrected chi connectivity index (χ1v) is 7.16. The predicted octanol–water partition coefficient (Wildman–Crippen LogP) is 1.62. The average molecular weight is 304 g/mol. The monoisotopic (exact) mass is 304 g/mol. The number of amides is 1. The first-order chi connectivity index (χ1) is 10.7. The fourth-order valence-electron chi connectivity index (χ4n) is 2.29. The molecule has 2 aromatic rings. The topological polar surface area (TPSA) is 69.6 Å². The molecule has 6 heteroatoms. The van der Waals surface area contributed by atoms with Gasteiger partial charge in [-0.15, -0.1) is 0 Å². The van der Waals surface area contributed by atoms with Gasteiger partial charge < -0.3 is 19.4 Å². The maximum atomic E-state index is 11.9. The van der Waals surface area contributed by atoms with Crippen LogP contribution in [0, 0.1) is 0 Å². The number of methoxy groups -OCH3 is 1. The lowest BCUT2D eigenvalue weighted by atomic mass is 10.2. The first-order valence-electron chi connectivity index (χ1n) is 7.16. The second-order valence-electron chi connectivity index (χ2n) is 4.78. The van der Waals surface area contributed by atoms with Crippen LogP contribution < -0.4 is 10.1 Å². The van der Waals surface area contributed by atoms with Gasteiger partial charge in [0.05, 0.1) is 13.2 Å². The van der Waals surface area contributed by atoms with Crippen molar-refractivity contribution in [1.29, 1.82) is 0 Å². The minimum Gasteiger partial charge on any atom is -0.494 e. The van der Waals surface area contributed by atoms with Gasteiger partial charge in [0, 0.05) is 36.3 Å². The molecule has 6 nitrogen and oxygen atoms in total. The van der Waals surface area contributed by atoms with Gasteiger partial charge in [-0.2, -0.15) is 0 Å². The fourth-order valence-corrected chi connectivity index (χ4v) is 2.29. The summed E-state index contributed by atoms with van der Waals surface area (Å²) in [5.41, 5.74) is 1.37. The second-order valence-corrected chi connectivity index (χ2v) is 4.78. The minimum absolute atomic E-state index is 0.125. The molecular weight excluding hydrogens is 284 g/mol. The molecule has 0 atom stereocenters. The van der Waals surface area contributed by atoms with Gasteiger partial charge in [0.15, 0.2) is 6.29 Å². The molecule has 0 fully saturated rings. The van der Waals surface area contributed by atoms with Gasteiger partial charge in [-0.1, -0.05) is 0 Å². The Morgan fingerprint density at radius 2 is 2.23 bits per heavy atom. The Morgan fingerprint density at radius 1 is 1.41 bits per heavy atom. The number of nitrogens with one attached hydrogen (secondary N) is 1. The van der Waals surface area contributed by atoms with Gasteiger partial charge >= 0.3 is 0 Å². The van der Waals surface area contributed by atoms with Crippen LogP contribution in [0.4, 0.5) is 0 Å². The van der Waals surface area contributed by atoms with Crippen molar-refractivity contribution in [1.82, 2.24) is 9.88 Å². The fraction of sp³-hybridized carbons (Fsp3) is 0.375. The summed E-state index contributed by atoms with van der Waals surface area (Å²) < 4.78 is 12.1. The van der Waals surface area contributed by atoms with Gasteiger partial charge in [0.2, 0.25) is 5.91 Å². The standard InChI is InChI=1S/C16H20N2O4/c1-3-22-13-4-5-15-14(8-13)12(11-19)9-18(15)10-16(20)17-6-7-21-2/h4-5,8-9,11H,3,6-7,10H2,1-2H3,(H,17,20). The van der Waals surface area contributed by atoms with Crippen LogP contribution in [-0.4, -0.2) is 43.6 Å². The minimum atomic E-state index is -0.125. The van der Waals surface area contributed by atoms with E-state index in [0.717, 1.165) is 17.2 Å². The molecule has 0 aliphatic heterocycles. The lowest BCUT2D eigenvalue weighted by Crippen LogP contribution is -2.30. The smallest absolute Gasteiger partial charge is 0.240 e. The molecule has 1 amide bonds. The van der Waals surface area contributed by atoms with Crippen LogP contribution in [0.2, 0.25) is 0 Å². The van der Waals surface area contributed by atoms with E-state index in [-0.39, 0.29) is 12.5 Å². The molecule has 0 spiro atoms. The average Bonchev–Trinajstić information content (AvgIpc) is 2.85. The number of aldehydes is 1. The Labute approximate surface area is 129 Å². The number of hydrogen-bond donors (Lipinski definition) is 1. The van der Waals surface area contributed by atoms with E-state index in [1.807, 2.05) is 25.1 Å². The molecule has 1 N–H and O–H groups in total. The van der Waals surface area contributed by atoms with Gasteiger partial charge in [0.1, 0.15) is 12.3 Å². The number of carbonyl (C=O) groups excluding carboxylic acids is 2. The van der Waals surface area contributed by atoms with Gasteiger partial charge in [-0.05, 0) is 25.1 Å². The molecule has 0 unspecified atom stereocenters. The Kier molecular flexibility index (Phi) is 5.55. The largest absolute Gasteiger partial charge is 0.494 e. The zero-order chi connectivity index (χ0) is 15.9. The van der Waals surface area contributed by atoms with Crippen LogP contribution in [0.3, 0.4) is 0 Å². The lowest BCUT2D eigenvalue weighted by molar-refractivity contribution is -0.121. The number of hydrogen-bond acceptors (Lipinski definition) is 4. The van der Waals surface area contributed by atoms with Gasteiger partial charge in [0.25, 0.3) is 0 Å². The molecule has 0 aliphatic carbocycles. The van der Waals surface area contributed by atoms with Crippen LogP contribution in [0.15, 0.2) is 24.4 Å². The highest BCUT2D eigenvalue weighted by molar-refractivity contribution is 5.98. The van der Waals surface area contributed by atoms with Crippen LogP contribution in [0.25, 0.3) is 10.9 Å². The number of nitrogens with zero attached hydrogens (tertiary/aromatic N) is 1. The highest BCUT2D eigenvalue weighted by atomic mass is 16.5. The summed E-state index contributed by atoms with van der Waals surface area (Å²) in [6, 6.07) is 5.51. The SMILES string of the molecule is CCOc1ccc2c(c1)c(C=O)cn2CC(=O)NCCOC. The van der Waals surface area contributed by atoms with Gasteiger partial charge in [-0.25, -0.2) is 0 Å². The van der Waals surface area contributed by atoms with Crippen molar-refractivity contribution in [3.63, 3.8) is 0 Å². The molecular formula is C16H20N2O4. The van der Waals surface area contributed by atoms with Crippen LogP contribution in [-0.2, 0) is 16.1 Å². The summed E-state index contributed by atoms with van der Waals surface area (Å²) in [4.78, 5) is 23.1. The Hall–Kier alpha value is -2.34. The normalized spacial score (nSPS) is 10.6. The second kappa shape index (κ2) is 7.61. The molecule has 0 saturated heterocycles. The summed E-state index contributed by atoms with van der Waals surface area (Å²) in [6.45, 7) is 3.55. The third kappa shape index (κ3) is 3.65. The molecule has 118 valence electrons. The third-order valence-electron chi connectivity index (χ3n) is 3.26. The Bertz CT molecular complexity index is 663. The molecule has 0 bridgehead atoms. The summed E-state index contributed by atoms with van der Waals surface area (Å²) >= 11 is 0. The molecule has 0 radical (unpaired) electrons. The van der Waals surface area contributed by atoms with Crippen LogP contribution in [0.1, 0.15) is 17.3 Å². The maximum absolute atomic E-state index is 11.9. The zero-order valence-electron chi connectivity index (χ0n) is 12.8. The molecule has 0 aliphatic rings. The molecule has 1 aromatic carbocycles. The molecule has 0 saturated carbocycles. The lowest BCUT2D eigenvalue weighted by Gasteiger charge is -2.07.